The summed E-state index contributed by atoms with van der Waals surface area (Å²) in [6, 6.07) is 5.01. The first kappa shape index (κ1) is 11.7. The van der Waals surface area contributed by atoms with Gasteiger partial charge >= 0.3 is 5.97 Å². The second-order valence-corrected chi connectivity index (χ2v) is 3.21. The van der Waals surface area contributed by atoms with Gasteiger partial charge in [-0.05, 0) is 17.7 Å². The van der Waals surface area contributed by atoms with Crippen LogP contribution < -0.4 is 0 Å². The molecule has 1 aromatic carbocycles. The van der Waals surface area contributed by atoms with Crippen LogP contribution in [0.5, 0.6) is 0 Å². The normalized spacial score (nSPS) is 11.9. The van der Waals surface area contributed by atoms with Crippen LogP contribution in [0.4, 0.5) is 4.39 Å². The van der Waals surface area contributed by atoms with Crippen LogP contribution >= 0.6 is 11.6 Å². The van der Waals surface area contributed by atoms with Gasteiger partial charge in [0, 0.05) is 0 Å². The highest BCUT2D eigenvalue weighted by Gasteiger charge is 2.25. The average Bonchev–Trinajstić information content (AvgIpc) is 2.27. The molecule has 1 atom stereocenters. The summed E-state index contributed by atoms with van der Waals surface area (Å²) in [5.74, 6) is -2.32. The van der Waals surface area contributed by atoms with Crippen molar-refractivity contribution in [2.24, 2.45) is 0 Å². The second-order valence-electron chi connectivity index (χ2n) is 2.77. The van der Waals surface area contributed by atoms with Crippen LogP contribution in [0.3, 0.4) is 0 Å². The molecule has 0 fully saturated rings. The summed E-state index contributed by atoms with van der Waals surface area (Å²) in [4.78, 5) is 22.1. The Morgan fingerprint density at radius 2 is 1.87 bits per heavy atom. The number of benzene rings is 1. The van der Waals surface area contributed by atoms with Gasteiger partial charge in [-0.15, -0.1) is 11.6 Å². The van der Waals surface area contributed by atoms with E-state index < -0.39 is 22.9 Å². The minimum atomic E-state index is -1.14. The fourth-order valence-electron chi connectivity index (χ4n) is 0.987. The summed E-state index contributed by atoms with van der Waals surface area (Å²) in [7, 11) is 1.09. The van der Waals surface area contributed by atoms with Crippen LogP contribution in [0.15, 0.2) is 24.3 Å². The number of carbonyl (C=O) groups excluding carboxylic acids is 2. The van der Waals surface area contributed by atoms with Crippen molar-refractivity contribution in [3.05, 3.63) is 35.6 Å². The lowest BCUT2D eigenvalue weighted by atomic mass is 10.1. The summed E-state index contributed by atoms with van der Waals surface area (Å²) >= 11 is 5.71. The number of hydrogen-bond acceptors (Lipinski definition) is 3. The molecule has 0 amide bonds. The van der Waals surface area contributed by atoms with Gasteiger partial charge in [-0.1, -0.05) is 12.1 Å². The van der Waals surface area contributed by atoms with Crippen LogP contribution in [0.1, 0.15) is 10.9 Å². The number of Topliss-reactive ketones (excluding diaryl/α,β-unsaturated/α-hetero) is 1. The van der Waals surface area contributed by atoms with Gasteiger partial charge in [0.1, 0.15) is 11.2 Å². The zero-order valence-electron chi connectivity index (χ0n) is 7.87. The third-order valence-electron chi connectivity index (χ3n) is 1.78. The van der Waals surface area contributed by atoms with Crippen molar-refractivity contribution in [3.63, 3.8) is 0 Å². The maximum atomic E-state index is 12.6. The van der Waals surface area contributed by atoms with E-state index >= 15 is 0 Å². The topological polar surface area (TPSA) is 43.4 Å². The number of ether oxygens (including phenoxy) is 1. The van der Waals surface area contributed by atoms with Gasteiger partial charge in [0.05, 0.1) is 7.11 Å². The minimum Gasteiger partial charge on any atom is -0.463 e. The Bertz CT molecular complexity index is 375. The molecule has 0 aliphatic rings. The maximum Gasteiger partial charge on any atom is 0.376 e. The van der Waals surface area contributed by atoms with E-state index in [-0.39, 0.29) is 0 Å². The summed E-state index contributed by atoms with van der Waals surface area (Å²) in [6.45, 7) is 0. The Kier molecular flexibility index (Phi) is 3.80. The molecule has 0 N–H and O–H groups in total. The fraction of sp³-hybridized carbons (Fsp3) is 0.200. The third-order valence-corrected chi connectivity index (χ3v) is 2.23. The zero-order valence-corrected chi connectivity index (χ0v) is 8.62. The van der Waals surface area contributed by atoms with Gasteiger partial charge in [-0.25, -0.2) is 9.18 Å². The van der Waals surface area contributed by atoms with Gasteiger partial charge in [-0.3, -0.25) is 4.79 Å². The van der Waals surface area contributed by atoms with Crippen LogP contribution in [0.2, 0.25) is 0 Å². The average molecular weight is 231 g/mol. The van der Waals surface area contributed by atoms with E-state index in [9.17, 15) is 14.0 Å². The number of methoxy groups -OCH3 is 1. The van der Waals surface area contributed by atoms with Gasteiger partial charge in [-0.2, -0.15) is 0 Å². The maximum absolute atomic E-state index is 12.6. The van der Waals surface area contributed by atoms with E-state index in [1.165, 1.54) is 12.1 Å². The van der Waals surface area contributed by atoms with Crippen LogP contribution in [0, 0.1) is 5.82 Å². The highest BCUT2D eigenvalue weighted by atomic mass is 35.5. The predicted molar refractivity (Wildman–Crippen MR) is 52.0 cm³/mol. The van der Waals surface area contributed by atoms with E-state index in [2.05, 4.69) is 4.74 Å². The molecule has 0 aliphatic heterocycles. The number of alkyl halides is 1. The van der Waals surface area contributed by atoms with Crippen LogP contribution in [0.25, 0.3) is 0 Å². The number of halogens is 2. The summed E-state index contributed by atoms with van der Waals surface area (Å²) < 4.78 is 16.8. The molecular weight excluding hydrogens is 223 g/mol. The zero-order chi connectivity index (χ0) is 11.4. The Balaban J connectivity index is 2.85. The van der Waals surface area contributed by atoms with Crippen molar-refractivity contribution in [1.82, 2.24) is 0 Å². The standard InChI is InChI=1S/C10H8ClFO3/c1-15-10(14)9(13)8(11)6-2-4-7(12)5-3-6/h2-5,8H,1H3/t8-/m0/s1. The van der Waals surface area contributed by atoms with Crippen LogP contribution in [-0.2, 0) is 14.3 Å². The molecular formula is C10H8ClFO3. The molecule has 0 saturated heterocycles. The largest absolute Gasteiger partial charge is 0.463 e. The van der Waals surface area contributed by atoms with Gasteiger partial charge in [0.2, 0.25) is 0 Å². The van der Waals surface area contributed by atoms with Gasteiger partial charge < -0.3 is 4.74 Å². The molecule has 0 aliphatic carbocycles. The first-order valence-corrected chi connectivity index (χ1v) is 4.51. The number of esters is 1. The van der Waals surface area contributed by atoms with E-state index in [0.717, 1.165) is 19.2 Å². The lowest BCUT2D eigenvalue weighted by Gasteiger charge is -2.06. The van der Waals surface area contributed by atoms with E-state index in [1.54, 1.807) is 0 Å². The summed E-state index contributed by atoms with van der Waals surface area (Å²) in [5.41, 5.74) is 0.355. The molecule has 0 heterocycles. The van der Waals surface area contributed by atoms with Crippen molar-refractivity contribution in [2.75, 3.05) is 7.11 Å². The van der Waals surface area contributed by atoms with Gasteiger partial charge in [0.15, 0.2) is 0 Å². The molecule has 0 saturated carbocycles. The molecule has 5 heteroatoms. The molecule has 1 rings (SSSR count). The second kappa shape index (κ2) is 4.89. The monoisotopic (exact) mass is 230 g/mol. The van der Waals surface area contributed by atoms with Crippen molar-refractivity contribution < 1.29 is 18.7 Å². The smallest absolute Gasteiger partial charge is 0.376 e. The molecule has 0 unspecified atom stereocenters. The molecule has 0 aromatic heterocycles. The Morgan fingerprint density at radius 3 is 2.33 bits per heavy atom. The highest BCUT2D eigenvalue weighted by Crippen LogP contribution is 2.21. The molecule has 0 spiro atoms. The Hall–Kier alpha value is -1.42. The first-order chi connectivity index (χ1) is 7.06. The van der Waals surface area contributed by atoms with Crippen molar-refractivity contribution in [1.29, 1.82) is 0 Å². The third kappa shape index (κ3) is 2.76. The molecule has 0 bridgehead atoms. The van der Waals surface area contributed by atoms with E-state index in [0.29, 0.717) is 5.56 Å². The SMILES string of the molecule is COC(=O)C(=O)[C@@H](Cl)c1ccc(F)cc1. The Morgan fingerprint density at radius 1 is 1.33 bits per heavy atom. The molecule has 3 nitrogen and oxygen atoms in total. The molecule has 1 aromatic rings. The lowest BCUT2D eigenvalue weighted by Crippen LogP contribution is -2.20. The van der Waals surface area contributed by atoms with Crippen molar-refractivity contribution in [2.45, 2.75) is 5.38 Å². The van der Waals surface area contributed by atoms with E-state index in [1.807, 2.05) is 0 Å². The van der Waals surface area contributed by atoms with Gasteiger partial charge in [0.25, 0.3) is 5.78 Å². The van der Waals surface area contributed by atoms with Crippen molar-refractivity contribution >= 4 is 23.4 Å². The lowest BCUT2D eigenvalue weighted by molar-refractivity contribution is -0.151. The highest BCUT2D eigenvalue weighted by molar-refractivity contribution is 6.47. The molecule has 80 valence electrons. The van der Waals surface area contributed by atoms with E-state index in [4.69, 9.17) is 11.6 Å². The van der Waals surface area contributed by atoms with Crippen LogP contribution in [-0.4, -0.2) is 18.9 Å². The summed E-state index contributed by atoms with van der Waals surface area (Å²) in [6.07, 6.45) is 0. The number of hydrogen-bond donors (Lipinski definition) is 0. The first-order valence-electron chi connectivity index (χ1n) is 4.08. The minimum absolute atomic E-state index is 0.355. The van der Waals surface area contributed by atoms with Crippen molar-refractivity contribution in [3.8, 4) is 0 Å². The number of ketones is 1. The predicted octanol–water partition coefficient (Wildman–Crippen LogP) is 1.85. The summed E-state index contributed by atoms with van der Waals surface area (Å²) in [5, 5.41) is -1.14. The fourth-order valence-corrected chi connectivity index (χ4v) is 1.22. The number of rotatable bonds is 3. The quantitative estimate of drug-likeness (QED) is 0.452. The molecule has 0 radical (unpaired) electrons. The number of carbonyl (C=O) groups is 2. The Labute approximate surface area is 90.8 Å². The molecule has 15 heavy (non-hydrogen) atoms.